The van der Waals surface area contributed by atoms with Gasteiger partial charge in [0.1, 0.15) is 5.56 Å². The van der Waals surface area contributed by atoms with Crippen molar-refractivity contribution in [2.45, 2.75) is 51.7 Å². The molecule has 1 spiro atoms. The molecule has 1 aromatic heterocycles. The molecular weight excluding hydrogens is 551 g/mol. The van der Waals surface area contributed by atoms with Crippen LogP contribution in [-0.4, -0.2) is 34.2 Å². The second-order valence-corrected chi connectivity index (χ2v) is 10.3. The smallest absolute Gasteiger partial charge is 0.417 e. The van der Waals surface area contributed by atoms with Gasteiger partial charge in [0.05, 0.1) is 40.5 Å². The molecule has 1 amide bonds. The Balaban J connectivity index is 1.72. The zero-order valence-corrected chi connectivity index (χ0v) is 22.7. The number of rotatable bonds is 6. The Morgan fingerprint density at radius 2 is 1.82 bits per heavy atom. The monoisotopic (exact) mass is 575 g/mol. The second-order valence-electron chi connectivity index (χ2n) is 9.87. The van der Waals surface area contributed by atoms with Gasteiger partial charge in [0.25, 0.3) is 5.56 Å². The Labute approximate surface area is 231 Å². The van der Waals surface area contributed by atoms with Gasteiger partial charge in [0, 0.05) is 12.7 Å². The average molecular weight is 576 g/mol. The third-order valence-electron chi connectivity index (χ3n) is 7.45. The van der Waals surface area contributed by atoms with Crippen molar-refractivity contribution in [3.8, 4) is 5.69 Å². The van der Waals surface area contributed by atoms with Crippen molar-refractivity contribution >= 4 is 29.2 Å². The maximum atomic E-state index is 13.7. The molecule has 0 saturated heterocycles. The molecule has 40 heavy (non-hydrogen) atoms. The van der Waals surface area contributed by atoms with Crippen LogP contribution < -0.4 is 16.1 Å². The number of esters is 1. The average Bonchev–Trinajstić information content (AvgIpc) is 3.65. The molecule has 1 aliphatic carbocycles. The van der Waals surface area contributed by atoms with Crippen LogP contribution in [0, 0.1) is 6.92 Å². The Morgan fingerprint density at radius 3 is 2.42 bits per heavy atom. The number of carbonyl (C=O) groups is 2. The van der Waals surface area contributed by atoms with Crippen LogP contribution in [0.25, 0.3) is 5.69 Å². The minimum absolute atomic E-state index is 0.00559. The zero-order valence-electron chi connectivity index (χ0n) is 21.9. The lowest BCUT2D eigenvalue weighted by Crippen LogP contribution is -2.42. The zero-order chi connectivity index (χ0) is 29.1. The summed E-state index contributed by atoms with van der Waals surface area (Å²) in [5, 5.41) is -0.656. The van der Waals surface area contributed by atoms with Gasteiger partial charge in [-0.05, 0) is 68.5 Å². The highest BCUT2D eigenvalue weighted by Gasteiger charge is 2.59. The quantitative estimate of drug-likeness (QED) is 0.401. The summed E-state index contributed by atoms with van der Waals surface area (Å²) in [6.07, 6.45) is -2.36. The van der Waals surface area contributed by atoms with Crippen molar-refractivity contribution in [3.63, 3.8) is 0 Å². The molecule has 0 N–H and O–H groups in total. The van der Waals surface area contributed by atoms with E-state index in [4.69, 9.17) is 16.3 Å². The van der Waals surface area contributed by atoms with Gasteiger partial charge >= 0.3 is 17.8 Å². The highest BCUT2D eigenvalue weighted by molar-refractivity contribution is 6.32. The normalized spacial score (nSPS) is 15.5. The van der Waals surface area contributed by atoms with E-state index in [9.17, 15) is 32.3 Å². The Bertz CT molecular complexity index is 1690. The van der Waals surface area contributed by atoms with Crippen molar-refractivity contribution < 1.29 is 27.5 Å². The van der Waals surface area contributed by atoms with E-state index in [0.717, 1.165) is 39.7 Å². The van der Waals surface area contributed by atoms with E-state index in [0.29, 0.717) is 29.6 Å². The Hall–Kier alpha value is -3.86. The summed E-state index contributed by atoms with van der Waals surface area (Å²) in [6, 6.07) is 6.55. The second kappa shape index (κ2) is 9.65. The van der Waals surface area contributed by atoms with Crippen molar-refractivity contribution in [2.75, 3.05) is 18.1 Å². The molecule has 210 valence electrons. The molecule has 0 atom stereocenters. The fourth-order valence-electron chi connectivity index (χ4n) is 5.37. The number of fused-ring (bicyclic) bond motifs is 2. The fourth-order valence-corrected chi connectivity index (χ4v) is 5.67. The van der Waals surface area contributed by atoms with E-state index in [1.54, 1.807) is 30.9 Å². The fraction of sp³-hybridized carbons (Fsp3) is 0.357. The highest BCUT2D eigenvalue weighted by Crippen LogP contribution is 2.58. The molecule has 0 radical (unpaired) electrons. The van der Waals surface area contributed by atoms with E-state index >= 15 is 0 Å². The van der Waals surface area contributed by atoms with Crippen molar-refractivity contribution in [1.82, 2.24) is 9.13 Å². The first-order chi connectivity index (χ1) is 18.9. The number of alkyl halides is 3. The molecule has 1 fully saturated rings. The van der Waals surface area contributed by atoms with Gasteiger partial charge in [-0.1, -0.05) is 23.7 Å². The van der Waals surface area contributed by atoms with Crippen LogP contribution in [0.5, 0.6) is 0 Å². The van der Waals surface area contributed by atoms with E-state index in [-0.39, 0.29) is 18.1 Å². The summed E-state index contributed by atoms with van der Waals surface area (Å²) in [6.45, 7) is 5.03. The predicted molar refractivity (Wildman–Crippen MR) is 141 cm³/mol. The summed E-state index contributed by atoms with van der Waals surface area (Å²) in [7, 11) is 0. The lowest BCUT2D eigenvalue weighted by molar-refractivity contribution is -0.137. The van der Waals surface area contributed by atoms with Crippen LogP contribution >= 0.6 is 11.6 Å². The van der Waals surface area contributed by atoms with Crippen LogP contribution in [0.4, 0.5) is 18.9 Å². The number of amides is 1. The minimum Gasteiger partial charge on any atom is -0.462 e. The van der Waals surface area contributed by atoms with Gasteiger partial charge < -0.3 is 9.64 Å². The lowest BCUT2D eigenvalue weighted by atomic mass is 9.95. The molecule has 5 rings (SSSR count). The number of aromatic nitrogens is 2. The van der Waals surface area contributed by atoms with Crippen LogP contribution in [0.2, 0.25) is 5.02 Å². The van der Waals surface area contributed by atoms with E-state index < -0.39 is 51.5 Å². The summed E-state index contributed by atoms with van der Waals surface area (Å²) in [4.78, 5) is 54.6. The summed E-state index contributed by atoms with van der Waals surface area (Å²) < 4.78 is 47.1. The molecule has 1 aliphatic heterocycles. The van der Waals surface area contributed by atoms with Crippen LogP contribution in [-0.2, 0) is 27.7 Å². The third-order valence-corrected chi connectivity index (χ3v) is 7.89. The lowest BCUT2D eigenvalue weighted by Gasteiger charge is -2.19. The first-order valence-corrected chi connectivity index (χ1v) is 13.1. The molecule has 8 nitrogen and oxygen atoms in total. The van der Waals surface area contributed by atoms with E-state index in [1.807, 2.05) is 6.92 Å². The molecule has 2 aliphatic rings. The van der Waals surface area contributed by atoms with Gasteiger partial charge in [0.15, 0.2) is 0 Å². The molecule has 3 aromatic rings. The Kier molecular flexibility index (Phi) is 6.68. The van der Waals surface area contributed by atoms with Crippen LogP contribution in [0.1, 0.15) is 59.3 Å². The molecule has 2 aromatic carbocycles. The number of anilines is 1. The van der Waals surface area contributed by atoms with Crippen molar-refractivity contribution in [2.24, 2.45) is 0 Å². The minimum atomic E-state index is -4.75. The number of ether oxygens (including phenoxy) is 1. The van der Waals surface area contributed by atoms with Gasteiger partial charge in [-0.15, -0.1) is 0 Å². The number of halogens is 4. The molecule has 1 saturated carbocycles. The predicted octanol–water partition coefficient (Wildman–Crippen LogP) is 4.60. The number of benzene rings is 2. The van der Waals surface area contributed by atoms with E-state index in [2.05, 4.69) is 0 Å². The SMILES string of the molecule is CCOC(=O)c1cn(-c2cc(C)c3c(c2)C2(CC2)C(=O)N3CC)c(=O)n(Cc2cccc(C(F)(F)F)c2Cl)c1=O. The van der Waals surface area contributed by atoms with Crippen LogP contribution in [0.3, 0.4) is 0 Å². The molecule has 12 heteroatoms. The number of carbonyl (C=O) groups excluding carboxylic acids is 2. The number of aryl methyl sites for hydroxylation is 1. The molecule has 0 bridgehead atoms. The summed E-state index contributed by atoms with van der Waals surface area (Å²) >= 11 is 6.05. The topological polar surface area (TPSA) is 90.6 Å². The maximum absolute atomic E-state index is 13.7. The van der Waals surface area contributed by atoms with Gasteiger partial charge in [-0.2, -0.15) is 13.2 Å². The first-order valence-electron chi connectivity index (χ1n) is 12.7. The number of hydrogen-bond donors (Lipinski definition) is 0. The van der Waals surface area contributed by atoms with Crippen LogP contribution in [0.15, 0.2) is 46.1 Å². The summed E-state index contributed by atoms with van der Waals surface area (Å²) in [5.74, 6) is -0.997. The Morgan fingerprint density at radius 1 is 1.12 bits per heavy atom. The number of hydrogen-bond acceptors (Lipinski definition) is 5. The largest absolute Gasteiger partial charge is 0.462 e. The van der Waals surface area contributed by atoms with Gasteiger partial charge in [-0.25, -0.2) is 9.59 Å². The molecular formula is C28H25ClF3N3O5. The number of likely N-dealkylation sites (N-methyl/N-ethyl adjacent to an activating group) is 1. The number of nitrogens with zero attached hydrogens (tertiary/aromatic N) is 3. The van der Waals surface area contributed by atoms with Crippen molar-refractivity contribution in [3.05, 3.63) is 90.2 Å². The van der Waals surface area contributed by atoms with Gasteiger partial charge in [-0.3, -0.25) is 18.7 Å². The summed E-state index contributed by atoms with van der Waals surface area (Å²) in [5.41, 5.74) is -1.76. The standard InChI is InChI=1S/C28H25ClF3N3O5/c1-4-33-22-15(3)11-17(12-20(22)27(9-10-27)25(33)38)34-14-18(24(37)40-5-2)23(36)35(26(34)39)13-16-7-6-8-19(21(16)29)28(30,31)32/h6-8,11-12,14H,4-5,9-10,13H2,1-3H3. The molecule has 2 heterocycles. The third kappa shape index (κ3) is 4.23. The maximum Gasteiger partial charge on any atom is 0.417 e. The van der Waals surface area contributed by atoms with Gasteiger partial charge in [0.2, 0.25) is 5.91 Å². The highest BCUT2D eigenvalue weighted by atomic mass is 35.5. The van der Waals surface area contributed by atoms with E-state index in [1.165, 1.54) is 6.07 Å². The van der Waals surface area contributed by atoms with Crippen molar-refractivity contribution in [1.29, 1.82) is 0 Å². The first kappa shape index (κ1) is 27.7. The molecule has 0 unspecified atom stereocenters.